The lowest BCUT2D eigenvalue weighted by Gasteiger charge is -2.35. The summed E-state index contributed by atoms with van der Waals surface area (Å²) < 4.78 is 1.97. The zero-order valence-corrected chi connectivity index (χ0v) is 16.2. The molecule has 1 saturated heterocycles. The van der Waals surface area contributed by atoms with Gasteiger partial charge in [0.05, 0.1) is 17.5 Å². The smallest absolute Gasteiger partial charge is 0.232 e. The van der Waals surface area contributed by atoms with E-state index >= 15 is 0 Å². The average molecular weight is 388 g/mol. The number of carbonyl (C=O) groups is 1. The van der Waals surface area contributed by atoms with Gasteiger partial charge in [0.25, 0.3) is 0 Å². The molecule has 8 nitrogen and oxygen atoms in total. The zero-order chi connectivity index (χ0) is 18.5. The number of hydrogen-bond donors (Lipinski definition) is 0. The number of anilines is 1. The molecule has 1 saturated carbocycles. The Hall–Kier alpha value is -2.16. The topological polar surface area (TPSA) is 80.0 Å². The van der Waals surface area contributed by atoms with E-state index in [1.165, 1.54) is 12.8 Å². The summed E-state index contributed by atoms with van der Waals surface area (Å²) in [4.78, 5) is 21.1. The van der Waals surface area contributed by atoms with Gasteiger partial charge in [-0.05, 0) is 35.4 Å². The molecular formula is C18H25N7OS. The van der Waals surface area contributed by atoms with E-state index in [2.05, 4.69) is 25.4 Å². The Balaban J connectivity index is 1.22. The van der Waals surface area contributed by atoms with Gasteiger partial charge < -0.3 is 9.80 Å². The largest absolute Gasteiger partial charge is 0.353 e. The summed E-state index contributed by atoms with van der Waals surface area (Å²) in [5.74, 6) is 3.22. The predicted molar refractivity (Wildman–Crippen MR) is 105 cm³/mol. The van der Waals surface area contributed by atoms with Crippen molar-refractivity contribution >= 4 is 23.5 Å². The number of pyridine rings is 1. The van der Waals surface area contributed by atoms with Crippen molar-refractivity contribution in [1.29, 1.82) is 0 Å². The van der Waals surface area contributed by atoms with Crippen LogP contribution in [-0.4, -0.2) is 67.9 Å². The van der Waals surface area contributed by atoms with E-state index in [0.717, 1.165) is 50.7 Å². The molecule has 2 aliphatic rings. The van der Waals surface area contributed by atoms with Crippen LogP contribution in [0.4, 0.5) is 5.82 Å². The molecule has 0 N–H and O–H groups in total. The SMILES string of the molecule is O=C(CSCc1nnnn1C1CCCC1)N1CCN(c2ccccn2)CC1. The van der Waals surface area contributed by atoms with Crippen LogP contribution < -0.4 is 4.90 Å². The van der Waals surface area contributed by atoms with E-state index in [0.29, 0.717) is 17.5 Å². The Morgan fingerprint density at radius 1 is 1.15 bits per heavy atom. The molecule has 27 heavy (non-hydrogen) atoms. The summed E-state index contributed by atoms with van der Waals surface area (Å²) in [5.41, 5.74) is 0. The normalized spacial score (nSPS) is 18.2. The molecule has 3 heterocycles. The van der Waals surface area contributed by atoms with E-state index in [4.69, 9.17) is 0 Å². The number of nitrogens with zero attached hydrogens (tertiary/aromatic N) is 7. The summed E-state index contributed by atoms with van der Waals surface area (Å²) in [6.07, 6.45) is 6.62. The molecule has 1 aliphatic heterocycles. The van der Waals surface area contributed by atoms with Gasteiger partial charge in [-0.25, -0.2) is 9.67 Å². The van der Waals surface area contributed by atoms with Crippen molar-refractivity contribution in [3.05, 3.63) is 30.2 Å². The van der Waals surface area contributed by atoms with Gasteiger partial charge in [-0.3, -0.25) is 4.79 Å². The molecule has 2 aromatic heterocycles. The fraction of sp³-hybridized carbons (Fsp3) is 0.611. The summed E-state index contributed by atoms with van der Waals surface area (Å²) in [7, 11) is 0. The Morgan fingerprint density at radius 3 is 2.70 bits per heavy atom. The van der Waals surface area contributed by atoms with E-state index < -0.39 is 0 Å². The quantitative estimate of drug-likeness (QED) is 0.747. The third kappa shape index (κ3) is 4.40. The number of thioether (sulfide) groups is 1. The van der Waals surface area contributed by atoms with Crippen molar-refractivity contribution in [2.45, 2.75) is 37.5 Å². The first-order chi connectivity index (χ1) is 13.3. The minimum Gasteiger partial charge on any atom is -0.353 e. The molecule has 4 rings (SSSR count). The fourth-order valence-corrected chi connectivity index (χ4v) is 4.62. The number of tetrazole rings is 1. The van der Waals surface area contributed by atoms with Crippen LogP contribution in [0.15, 0.2) is 24.4 Å². The number of aromatic nitrogens is 5. The molecule has 0 radical (unpaired) electrons. The van der Waals surface area contributed by atoms with Gasteiger partial charge in [0.1, 0.15) is 5.82 Å². The third-order valence-electron chi connectivity index (χ3n) is 5.29. The second-order valence-corrected chi connectivity index (χ2v) is 8.01. The van der Waals surface area contributed by atoms with Crippen LogP contribution in [0.3, 0.4) is 0 Å². The van der Waals surface area contributed by atoms with Crippen molar-refractivity contribution in [3.63, 3.8) is 0 Å². The maximum atomic E-state index is 12.5. The van der Waals surface area contributed by atoms with E-state index in [1.54, 1.807) is 11.8 Å². The van der Waals surface area contributed by atoms with Crippen LogP contribution in [0, 0.1) is 0 Å². The maximum absolute atomic E-state index is 12.5. The molecule has 0 aromatic carbocycles. The van der Waals surface area contributed by atoms with Crippen LogP contribution in [0.25, 0.3) is 0 Å². The first kappa shape index (κ1) is 18.2. The van der Waals surface area contributed by atoms with Crippen LogP contribution in [0.5, 0.6) is 0 Å². The number of carbonyl (C=O) groups excluding carboxylic acids is 1. The Kier molecular flexibility index (Phi) is 5.86. The predicted octanol–water partition coefficient (Wildman–Crippen LogP) is 1.77. The molecule has 9 heteroatoms. The highest BCUT2D eigenvalue weighted by molar-refractivity contribution is 7.99. The summed E-state index contributed by atoms with van der Waals surface area (Å²) in [6.45, 7) is 3.15. The Morgan fingerprint density at radius 2 is 1.96 bits per heavy atom. The van der Waals surface area contributed by atoms with Gasteiger partial charge in [0.15, 0.2) is 5.82 Å². The van der Waals surface area contributed by atoms with Gasteiger partial charge in [-0.2, -0.15) is 0 Å². The van der Waals surface area contributed by atoms with Crippen LogP contribution in [-0.2, 0) is 10.5 Å². The zero-order valence-electron chi connectivity index (χ0n) is 15.4. The molecule has 2 aromatic rings. The lowest BCUT2D eigenvalue weighted by atomic mass is 10.2. The Bertz CT molecular complexity index is 739. The van der Waals surface area contributed by atoms with Crippen molar-refractivity contribution < 1.29 is 4.79 Å². The van der Waals surface area contributed by atoms with Crippen molar-refractivity contribution in [1.82, 2.24) is 30.1 Å². The first-order valence-corrected chi connectivity index (χ1v) is 10.7. The molecule has 144 valence electrons. The fourth-order valence-electron chi connectivity index (χ4n) is 3.79. The minimum absolute atomic E-state index is 0.195. The number of amides is 1. The summed E-state index contributed by atoms with van der Waals surface area (Å²) >= 11 is 1.60. The number of hydrogen-bond acceptors (Lipinski definition) is 7. The second kappa shape index (κ2) is 8.69. The maximum Gasteiger partial charge on any atom is 0.232 e. The molecule has 0 bridgehead atoms. The van der Waals surface area contributed by atoms with E-state index in [9.17, 15) is 4.79 Å². The summed E-state index contributed by atoms with van der Waals surface area (Å²) in [5, 5.41) is 12.1. The lowest BCUT2D eigenvalue weighted by molar-refractivity contribution is -0.128. The highest BCUT2D eigenvalue weighted by Gasteiger charge is 2.23. The van der Waals surface area contributed by atoms with Gasteiger partial charge in [0.2, 0.25) is 5.91 Å². The van der Waals surface area contributed by atoms with Gasteiger partial charge >= 0.3 is 0 Å². The second-order valence-electron chi connectivity index (χ2n) is 7.03. The van der Waals surface area contributed by atoms with Crippen molar-refractivity contribution in [2.24, 2.45) is 0 Å². The molecule has 0 spiro atoms. The van der Waals surface area contributed by atoms with Gasteiger partial charge in [-0.15, -0.1) is 16.9 Å². The van der Waals surface area contributed by atoms with Gasteiger partial charge in [-0.1, -0.05) is 18.9 Å². The van der Waals surface area contributed by atoms with Crippen LogP contribution in [0.1, 0.15) is 37.5 Å². The minimum atomic E-state index is 0.195. The third-order valence-corrected chi connectivity index (χ3v) is 6.21. The highest BCUT2D eigenvalue weighted by atomic mass is 32.2. The number of rotatable bonds is 6. The Labute approximate surface area is 163 Å². The standard InChI is InChI=1S/C18H25N7OS/c26-18(24-11-9-23(10-12-24)16-7-3-4-8-19-16)14-27-13-17-20-21-22-25(17)15-5-1-2-6-15/h3-4,7-8,15H,1-2,5-6,9-14H2. The molecular weight excluding hydrogens is 362 g/mol. The van der Waals surface area contributed by atoms with Gasteiger partial charge in [0, 0.05) is 32.4 Å². The highest BCUT2D eigenvalue weighted by Crippen LogP contribution is 2.29. The van der Waals surface area contributed by atoms with E-state index in [-0.39, 0.29) is 5.91 Å². The molecule has 0 unspecified atom stereocenters. The molecule has 1 aliphatic carbocycles. The van der Waals surface area contributed by atoms with E-state index in [1.807, 2.05) is 34.0 Å². The molecule has 0 atom stereocenters. The molecule has 1 amide bonds. The van der Waals surface area contributed by atoms with Crippen molar-refractivity contribution in [3.8, 4) is 0 Å². The first-order valence-electron chi connectivity index (χ1n) is 9.59. The van der Waals surface area contributed by atoms with Crippen LogP contribution in [0.2, 0.25) is 0 Å². The monoisotopic (exact) mass is 387 g/mol. The average Bonchev–Trinajstić information content (AvgIpc) is 3.40. The van der Waals surface area contributed by atoms with Crippen LogP contribution >= 0.6 is 11.8 Å². The molecule has 2 fully saturated rings. The lowest BCUT2D eigenvalue weighted by Crippen LogP contribution is -2.49. The summed E-state index contributed by atoms with van der Waals surface area (Å²) in [6, 6.07) is 6.37. The number of piperazine rings is 1. The van der Waals surface area contributed by atoms with Crippen molar-refractivity contribution in [2.75, 3.05) is 36.8 Å².